The van der Waals surface area contributed by atoms with E-state index in [1.54, 1.807) is 0 Å². The van der Waals surface area contributed by atoms with Crippen LogP contribution in [0.25, 0.3) is 0 Å². The molecule has 15 heavy (non-hydrogen) atoms. The molecule has 0 saturated heterocycles. The Kier molecular flexibility index (Phi) is 4.77. The molecule has 0 aliphatic rings. The molecule has 5 nitrogen and oxygen atoms in total. The van der Waals surface area contributed by atoms with Crippen LogP contribution >= 0.6 is 15.9 Å². The van der Waals surface area contributed by atoms with Gasteiger partial charge in [0.1, 0.15) is 0 Å². The van der Waals surface area contributed by atoms with Crippen LogP contribution in [-0.2, 0) is 6.54 Å². The molecule has 84 valence electrons. The number of unbranched alkanes of at least 4 members (excludes halogenated alkanes) is 1. The van der Waals surface area contributed by atoms with E-state index in [-0.39, 0.29) is 11.2 Å². The smallest absolute Gasteiger partial charge is 0.320 e. The second-order valence-corrected chi connectivity index (χ2v) is 4.09. The van der Waals surface area contributed by atoms with Gasteiger partial charge in [-0.1, -0.05) is 0 Å². The summed E-state index contributed by atoms with van der Waals surface area (Å²) in [4.78, 5) is 24.6. The van der Waals surface area contributed by atoms with E-state index in [9.17, 15) is 9.59 Å². The van der Waals surface area contributed by atoms with Gasteiger partial charge in [0, 0.05) is 12.7 Å². The molecule has 1 aromatic heterocycles. The first-order chi connectivity index (χ1) is 7.15. The molecule has 0 aliphatic carbocycles. The molecule has 1 heterocycles. The second kappa shape index (κ2) is 5.87. The zero-order chi connectivity index (χ0) is 11.3. The summed E-state index contributed by atoms with van der Waals surface area (Å²) >= 11 is 3.09. The Balaban J connectivity index is 2.66. The van der Waals surface area contributed by atoms with Gasteiger partial charge >= 0.3 is 5.69 Å². The highest BCUT2D eigenvalue weighted by Crippen LogP contribution is 1.99. The molecule has 0 amide bonds. The van der Waals surface area contributed by atoms with Crippen molar-refractivity contribution in [2.75, 3.05) is 13.6 Å². The fraction of sp³-hybridized carbons (Fsp3) is 0.556. The van der Waals surface area contributed by atoms with Crippen LogP contribution in [0.2, 0.25) is 0 Å². The Morgan fingerprint density at radius 3 is 2.87 bits per heavy atom. The molecule has 0 unspecified atom stereocenters. The van der Waals surface area contributed by atoms with E-state index in [1.807, 2.05) is 7.05 Å². The molecule has 0 aliphatic heterocycles. The number of nitrogens with one attached hydrogen (secondary N) is 2. The summed E-state index contributed by atoms with van der Waals surface area (Å²) in [6, 6.07) is 0. The quantitative estimate of drug-likeness (QED) is 0.760. The van der Waals surface area contributed by atoms with Crippen molar-refractivity contribution in [1.29, 1.82) is 0 Å². The van der Waals surface area contributed by atoms with E-state index in [4.69, 9.17) is 0 Å². The lowest BCUT2D eigenvalue weighted by molar-refractivity contribution is 0.566. The summed E-state index contributed by atoms with van der Waals surface area (Å²) < 4.78 is 1.89. The minimum absolute atomic E-state index is 0.354. The topological polar surface area (TPSA) is 66.9 Å². The van der Waals surface area contributed by atoms with Gasteiger partial charge in [0.05, 0.1) is 4.47 Å². The van der Waals surface area contributed by atoms with Crippen molar-refractivity contribution >= 4 is 15.9 Å². The van der Waals surface area contributed by atoms with Crippen molar-refractivity contribution in [2.24, 2.45) is 0 Å². The second-order valence-electron chi connectivity index (χ2n) is 3.24. The molecular weight excluding hydrogens is 262 g/mol. The number of aromatic nitrogens is 2. The molecule has 2 N–H and O–H groups in total. The van der Waals surface area contributed by atoms with E-state index in [2.05, 4.69) is 26.2 Å². The molecule has 0 radical (unpaired) electrons. The van der Waals surface area contributed by atoms with Gasteiger partial charge in [-0.25, -0.2) is 4.79 Å². The fourth-order valence-corrected chi connectivity index (χ4v) is 1.58. The van der Waals surface area contributed by atoms with Gasteiger partial charge in [0.25, 0.3) is 5.56 Å². The molecule has 0 spiro atoms. The Morgan fingerprint density at radius 1 is 1.47 bits per heavy atom. The molecule has 0 bridgehead atoms. The van der Waals surface area contributed by atoms with Gasteiger partial charge in [-0.15, -0.1) is 0 Å². The van der Waals surface area contributed by atoms with Crippen LogP contribution in [0.3, 0.4) is 0 Å². The van der Waals surface area contributed by atoms with Crippen molar-refractivity contribution in [2.45, 2.75) is 19.4 Å². The summed E-state index contributed by atoms with van der Waals surface area (Å²) in [5.41, 5.74) is -0.737. The van der Waals surface area contributed by atoms with Crippen LogP contribution in [-0.4, -0.2) is 23.1 Å². The molecule has 1 aromatic rings. The third-order valence-corrected chi connectivity index (χ3v) is 2.61. The van der Waals surface area contributed by atoms with Gasteiger partial charge in [0.15, 0.2) is 0 Å². The Hall–Kier alpha value is -0.880. The SMILES string of the molecule is CNCCCCn1cc(Br)c(=O)[nH]c1=O. The molecule has 0 fully saturated rings. The highest BCUT2D eigenvalue weighted by molar-refractivity contribution is 9.10. The van der Waals surface area contributed by atoms with Crippen LogP contribution < -0.4 is 16.6 Å². The first-order valence-electron chi connectivity index (χ1n) is 4.79. The summed E-state index contributed by atoms with van der Waals surface area (Å²) in [6.45, 7) is 1.55. The van der Waals surface area contributed by atoms with Crippen LogP contribution in [0.5, 0.6) is 0 Å². The van der Waals surface area contributed by atoms with Crippen molar-refractivity contribution < 1.29 is 0 Å². The maximum Gasteiger partial charge on any atom is 0.328 e. The summed E-state index contributed by atoms with van der Waals surface area (Å²) in [6.07, 6.45) is 3.43. The maximum absolute atomic E-state index is 11.3. The largest absolute Gasteiger partial charge is 0.328 e. The highest BCUT2D eigenvalue weighted by Gasteiger charge is 2.00. The average Bonchev–Trinajstić information content (AvgIpc) is 2.20. The predicted molar refractivity (Wildman–Crippen MR) is 62.2 cm³/mol. The third-order valence-electron chi connectivity index (χ3n) is 2.04. The minimum Gasteiger partial charge on any atom is -0.320 e. The number of halogens is 1. The van der Waals surface area contributed by atoms with E-state index >= 15 is 0 Å². The third kappa shape index (κ3) is 3.64. The first kappa shape index (κ1) is 12.2. The molecule has 0 saturated carbocycles. The van der Waals surface area contributed by atoms with Crippen molar-refractivity contribution in [1.82, 2.24) is 14.9 Å². The van der Waals surface area contributed by atoms with Crippen molar-refractivity contribution in [3.8, 4) is 0 Å². The van der Waals surface area contributed by atoms with E-state index in [0.717, 1.165) is 19.4 Å². The van der Waals surface area contributed by atoms with E-state index in [1.165, 1.54) is 10.8 Å². The van der Waals surface area contributed by atoms with Crippen LogP contribution in [0.4, 0.5) is 0 Å². The maximum atomic E-state index is 11.3. The van der Waals surface area contributed by atoms with Crippen LogP contribution in [0.15, 0.2) is 20.3 Å². The lowest BCUT2D eigenvalue weighted by Gasteiger charge is -2.04. The number of H-pyrrole nitrogens is 1. The monoisotopic (exact) mass is 275 g/mol. The minimum atomic E-state index is -0.383. The number of aryl methyl sites for hydroxylation is 1. The lowest BCUT2D eigenvalue weighted by Crippen LogP contribution is -2.30. The van der Waals surface area contributed by atoms with Crippen molar-refractivity contribution in [3.63, 3.8) is 0 Å². The van der Waals surface area contributed by atoms with Crippen molar-refractivity contribution in [3.05, 3.63) is 31.5 Å². The molecule has 6 heteroatoms. The number of rotatable bonds is 5. The van der Waals surface area contributed by atoms with Crippen LogP contribution in [0.1, 0.15) is 12.8 Å². The van der Waals surface area contributed by atoms with Gasteiger partial charge in [-0.05, 0) is 42.4 Å². The fourth-order valence-electron chi connectivity index (χ4n) is 1.23. The standard InChI is InChI=1S/C9H14BrN3O2/c1-11-4-2-3-5-13-6-7(10)8(14)12-9(13)15/h6,11H,2-5H2,1H3,(H,12,14,15). The number of aromatic amines is 1. The number of hydrogen-bond acceptors (Lipinski definition) is 3. The zero-order valence-electron chi connectivity index (χ0n) is 8.55. The normalized spacial score (nSPS) is 10.5. The van der Waals surface area contributed by atoms with Gasteiger partial charge in [-0.2, -0.15) is 0 Å². The Labute approximate surface area is 95.6 Å². The molecule has 0 aromatic carbocycles. The highest BCUT2D eigenvalue weighted by atomic mass is 79.9. The number of nitrogens with zero attached hydrogens (tertiary/aromatic N) is 1. The summed E-state index contributed by atoms with van der Waals surface area (Å²) in [5.74, 6) is 0. The van der Waals surface area contributed by atoms with E-state index < -0.39 is 0 Å². The van der Waals surface area contributed by atoms with Gasteiger partial charge in [-0.3, -0.25) is 14.3 Å². The molecule has 1 rings (SSSR count). The molecule has 0 atom stereocenters. The van der Waals surface area contributed by atoms with Gasteiger partial charge < -0.3 is 5.32 Å². The molecular formula is C9H14BrN3O2. The Bertz CT molecular complexity index is 424. The Morgan fingerprint density at radius 2 is 2.20 bits per heavy atom. The van der Waals surface area contributed by atoms with Crippen LogP contribution in [0, 0.1) is 0 Å². The first-order valence-corrected chi connectivity index (χ1v) is 5.58. The summed E-state index contributed by atoms with van der Waals surface area (Å²) in [5, 5.41) is 3.03. The zero-order valence-corrected chi connectivity index (χ0v) is 10.1. The summed E-state index contributed by atoms with van der Waals surface area (Å²) in [7, 11) is 1.89. The lowest BCUT2D eigenvalue weighted by atomic mass is 10.3. The van der Waals surface area contributed by atoms with Gasteiger partial charge in [0.2, 0.25) is 0 Å². The predicted octanol–water partition coefficient (Wildman–Crippen LogP) is 0.299. The number of hydrogen-bond donors (Lipinski definition) is 2. The average molecular weight is 276 g/mol. The van der Waals surface area contributed by atoms with E-state index in [0.29, 0.717) is 11.0 Å².